The minimum absolute atomic E-state index is 0.369. The second-order valence-corrected chi connectivity index (χ2v) is 15.1. The van der Waals surface area contributed by atoms with Crippen LogP contribution in [0.4, 0.5) is 11.5 Å². The van der Waals surface area contributed by atoms with E-state index in [0.717, 1.165) is 63.1 Å². The van der Waals surface area contributed by atoms with E-state index < -0.39 is 11.6 Å². The second kappa shape index (κ2) is 13.9. The zero-order valence-corrected chi connectivity index (χ0v) is 30.8. The highest BCUT2D eigenvalue weighted by Gasteiger charge is 2.31. The third-order valence-electron chi connectivity index (χ3n) is 10.8. The first kappa shape index (κ1) is 35.3. The molecule has 12 nitrogen and oxygen atoms in total. The number of likely N-dealkylation sites (tertiary alicyclic amines) is 2. The van der Waals surface area contributed by atoms with Crippen LogP contribution in [-0.4, -0.2) is 77.7 Å². The monoisotopic (exact) mass is 722 g/mol. The van der Waals surface area contributed by atoms with Crippen molar-refractivity contribution in [1.82, 2.24) is 29.7 Å². The molecule has 12 heteroatoms. The highest BCUT2D eigenvalue weighted by atomic mass is 16.4. The van der Waals surface area contributed by atoms with Crippen LogP contribution in [0.15, 0.2) is 65.2 Å². The number of aryl methyl sites for hydroxylation is 1. The molecule has 5 heterocycles. The highest BCUT2D eigenvalue weighted by molar-refractivity contribution is 5.90. The molecule has 3 aromatic carbocycles. The molecule has 0 spiro atoms. The van der Waals surface area contributed by atoms with E-state index in [-0.39, 0.29) is 5.92 Å². The molecular weight excluding hydrogens is 681 g/mol. The molecule has 0 bridgehead atoms. The molecular formula is C42H42N8O4. The molecule has 3 N–H and O–H groups in total. The quantitative estimate of drug-likeness (QED) is 0.142. The maximum atomic E-state index is 11.5. The Balaban J connectivity index is 1.07. The molecule has 0 radical (unpaired) electrons. The van der Waals surface area contributed by atoms with Gasteiger partial charge in [0.1, 0.15) is 22.9 Å². The minimum atomic E-state index is -0.769. The number of hydrogen-bond donors (Lipinski definition) is 3. The highest BCUT2D eigenvalue weighted by Crippen LogP contribution is 2.38. The number of aliphatic carboxylic acids is 1. The Labute approximate surface area is 313 Å². The summed E-state index contributed by atoms with van der Waals surface area (Å²) in [5, 5.41) is 33.4. The van der Waals surface area contributed by atoms with Crippen molar-refractivity contribution in [3.05, 3.63) is 94.4 Å². The number of rotatable bonds is 9. The summed E-state index contributed by atoms with van der Waals surface area (Å²) >= 11 is 0. The molecule has 0 saturated carbocycles. The summed E-state index contributed by atoms with van der Waals surface area (Å²) in [7, 11) is 0. The molecule has 6 aromatic rings. The second-order valence-electron chi connectivity index (χ2n) is 15.1. The van der Waals surface area contributed by atoms with Gasteiger partial charge in [0.15, 0.2) is 11.4 Å². The number of carbonyl (C=O) groups is 1. The van der Waals surface area contributed by atoms with Crippen LogP contribution in [0.1, 0.15) is 53.4 Å². The summed E-state index contributed by atoms with van der Waals surface area (Å²) in [5.74, 6) is 0.559. The molecule has 0 amide bonds. The Morgan fingerprint density at radius 2 is 1.70 bits per heavy atom. The van der Waals surface area contributed by atoms with Crippen LogP contribution in [0, 0.1) is 38.0 Å². The molecule has 3 aromatic heterocycles. The number of carboxylic acid groups (broad SMARTS) is 1. The SMILES string of the molecule is Cc1nc(Nc2cccc(-c3cccc(-c4nc5cc(CN6CC[C@@H](C(=O)O)C6)cc(C#N)c5o4)c3C)c2C)c2ncc(CN3CC[C@@](C)(O)C3)cc2n1. The van der Waals surface area contributed by atoms with Crippen molar-refractivity contribution in [2.24, 2.45) is 5.92 Å². The van der Waals surface area contributed by atoms with E-state index in [1.165, 1.54) is 0 Å². The van der Waals surface area contributed by atoms with Gasteiger partial charge in [-0.1, -0.05) is 24.3 Å². The fourth-order valence-corrected chi connectivity index (χ4v) is 7.95. The fraction of sp³-hybridized carbons (Fsp3) is 0.333. The molecule has 2 atom stereocenters. The molecule has 54 heavy (non-hydrogen) atoms. The Morgan fingerprint density at radius 1 is 0.963 bits per heavy atom. The van der Waals surface area contributed by atoms with Crippen molar-refractivity contribution in [3.8, 4) is 28.7 Å². The van der Waals surface area contributed by atoms with Crippen molar-refractivity contribution in [3.63, 3.8) is 0 Å². The topological polar surface area (TPSA) is 165 Å². The van der Waals surface area contributed by atoms with Gasteiger partial charge in [-0.3, -0.25) is 19.6 Å². The van der Waals surface area contributed by atoms with Gasteiger partial charge in [-0.2, -0.15) is 5.26 Å². The number of aliphatic hydroxyl groups is 1. The van der Waals surface area contributed by atoms with E-state index in [2.05, 4.69) is 46.3 Å². The van der Waals surface area contributed by atoms with Crippen LogP contribution in [-0.2, 0) is 17.9 Å². The van der Waals surface area contributed by atoms with E-state index in [4.69, 9.17) is 24.4 Å². The van der Waals surface area contributed by atoms with E-state index >= 15 is 0 Å². The molecule has 0 aliphatic carbocycles. The molecule has 2 fully saturated rings. The molecule has 2 aliphatic heterocycles. The minimum Gasteiger partial charge on any atom is -0.481 e. The number of pyridine rings is 1. The number of benzene rings is 3. The number of nitrogens with zero attached hydrogens (tertiary/aromatic N) is 7. The largest absolute Gasteiger partial charge is 0.481 e. The Hall–Kier alpha value is -5.74. The third-order valence-corrected chi connectivity index (χ3v) is 10.8. The van der Waals surface area contributed by atoms with Crippen molar-refractivity contribution < 1.29 is 19.4 Å². The van der Waals surface area contributed by atoms with Crippen LogP contribution in [0.5, 0.6) is 0 Å². The van der Waals surface area contributed by atoms with Gasteiger partial charge in [-0.25, -0.2) is 15.0 Å². The van der Waals surface area contributed by atoms with Crippen LogP contribution >= 0.6 is 0 Å². The van der Waals surface area contributed by atoms with Gasteiger partial charge in [0, 0.05) is 50.2 Å². The number of nitrogens with one attached hydrogen (secondary N) is 1. The lowest BCUT2D eigenvalue weighted by molar-refractivity contribution is -0.141. The van der Waals surface area contributed by atoms with Crippen molar-refractivity contribution in [1.29, 1.82) is 5.26 Å². The fourth-order valence-electron chi connectivity index (χ4n) is 7.95. The first-order chi connectivity index (χ1) is 25.9. The van der Waals surface area contributed by atoms with E-state index in [1.54, 1.807) is 0 Å². The Kier molecular flexibility index (Phi) is 9.09. The van der Waals surface area contributed by atoms with Crippen LogP contribution < -0.4 is 5.32 Å². The average molecular weight is 723 g/mol. The lowest BCUT2D eigenvalue weighted by atomic mass is 9.93. The zero-order valence-electron chi connectivity index (χ0n) is 30.8. The number of β-amino-alcohol motifs (C(OH)–C–C–N with tert-alkyl or cyclic N) is 1. The standard InChI is InChI=1S/C42H42N8O4/c1-24-31(7-5-9-33(24)40-48-36-16-27(15-30(18-43)38(36)54-40)20-49-13-11-29(22-49)41(51)52)32-8-6-10-34(25(32)2)47-39-37-35(45-26(3)46-39)17-28(19-44-37)21-50-14-12-42(4,53)23-50/h5-10,15-17,19,29,53H,11-14,20-23H2,1-4H3,(H,51,52)(H,45,46,47)/t29-,42-/m1/s1. The predicted octanol–water partition coefficient (Wildman–Crippen LogP) is 6.90. The van der Waals surface area contributed by atoms with Gasteiger partial charge in [0.05, 0.1) is 22.6 Å². The van der Waals surface area contributed by atoms with Gasteiger partial charge < -0.3 is 19.9 Å². The molecule has 0 unspecified atom stereocenters. The maximum absolute atomic E-state index is 11.5. The number of nitriles is 1. The number of carboxylic acids is 1. The smallest absolute Gasteiger partial charge is 0.307 e. The number of oxazole rings is 1. The number of anilines is 2. The van der Waals surface area contributed by atoms with E-state index in [0.29, 0.717) is 78.9 Å². The maximum Gasteiger partial charge on any atom is 0.307 e. The van der Waals surface area contributed by atoms with Gasteiger partial charge in [0.25, 0.3) is 0 Å². The summed E-state index contributed by atoms with van der Waals surface area (Å²) in [5.41, 5.74) is 9.94. The molecule has 2 aliphatic rings. The van der Waals surface area contributed by atoms with Crippen LogP contribution in [0.2, 0.25) is 0 Å². The summed E-state index contributed by atoms with van der Waals surface area (Å²) in [6, 6.07) is 20.3. The van der Waals surface area contributed by atoms with Crippen molar-refractivity contribution in [2.75, 3.05) is 31.5 Å². The Bertz CT molecular complexity index is 2490. The molecule has 274 valence electrons. The number of hydrogen-bond acceptors (Lipinski definition) is 11. The molecule has 8 rings (SSSR count). The van der Waals surface area contributed by atoms with Gasteiger partial charge in [-0.15, -0.1) is 0 Å². The lowest BCUT2D eigenvalue weighted by Gasteiger charge is -2.19. The van der Waals surface area contributed by atoms with Crippen molar-refractivity contribution in [2.45, 2.75) is 59.2 Å². The predicted molar refractivity (Wildman–Crippen MR) is 206 cm³/mol. The van der Waals surface area contributed by atoms with E-state index in [1.807, 2.05) is 63.4 Å². The summed E-state index contributed by atoms with van der Waals surface area (Å²) < 4.78 is 6.29. The third kappa shape index (κ3) is 6.89. The Morgan fingerprint density at radius 3 is 2.44 bits per heavy atom. The summed E-state index contributed by atoms with van der Waals surface area (Å²) in [4.78, 5) is 34.9. The van der Waals surface area contributed by atoms with Gasteiger partial charge in [-0.05, 0) is 111 Å². The molecule has 2 saturated heterocycles. The van der Waals surface area contributed by atoms with Gasteiger partial charge >= 0.3 is 5.97 Å². The number of aromatic nitrogens is 4. The average Bonchev–Trinajstić information content (AvgIpc) is 3.87. The normalized spacial score (nSPS) is 19.1. The first-order valence-electron chi connectivity index (χ1n) is 18.3. The van der Waals surface area contributed by atoms with Crippen molar-refractivity contribution >= 4 is 39.6 Å². The zero-order chi connectivity index (χ0) is 37.7. The van der Waals surface area contributed by atoms with Gasteiger partial charge in [0.2, 0.25) is 5.89 Å². The first-order valence-corrected chi connectivity index (χ1v) is 18.3. The summed E-state index contributed by atoms with van der Waals surface area (Å²) in [6.07, 6.45) is 3.24. The van der Waals surface area contributed by atoms with Crippen LogP contribution in [0.3, 0.4) is 0 Å². The summed E-state index contributed by atoms with van der Waals surface area (Å²) in [6.45, 7) is 11.8. The lowest BCUT2D eigenvalue weighted by Crippen LogP contribution is -2.29. The van der Waals surface area contributed by atoms with Crippen LogP contribution in [0.25, 0.3) is 44.7 Å². The van der Waals surface area contributed by atoms with E-state index in [9.17, 15) is 20.3 Å². The number of fused-ring (bicyclic) bond motifs is 2.